The molecule has 0 unspecified atom stereocenters. The summed E-state index contributed by atoms with van der Waals surface area (Å²) in [5, 5.41) is 11.3. The number of nitrogens with zero attached hydrogens (tertiary/aromatic N) is 4. The Morgan fingerprint density at radius 3 is 0.924 bits per heavy atom. The Bertz CT molecular complexity index is 5210. The summed E-state index contributed by atoms with van der Waals surface area (Å²) in [6.45, 7) is 27.7. The highest BCUT2D eigenvalue weighted by Gasteiger charge is 2.27. The van der Waals surface area contributed by atoms with Gasteiger partial charge in [-0.25, -0.2) is 0 Å². The van der Waals surface area contributed by atoms with Crippen molar-refractivity contribution in [3.8, 4) is 11.4 Å². The molecule has 452 valence electrons. The van der Waals surface area contributed by atoms with Crippen LogP contribution in [0, 0.1) is 0 Å². The van der Waals surface area contributed by atoms with Crippen molar-refractivity contribution < 1.29 is 8.83 Å². The van der Waals surface area contributed by atoms with Crippen LogP contribution < -0.4 is 9.80 Å². The number of furan rings is 2. The van der Waals surface area contributed by atoms with E-state index in [0.29, 0.717) is 0 Å². The van der Waals surface area contributed by atoms with Crippen molar-refractivity contribution in [1.82, 2.24) is 9.13 Å². The summed E-state index contributed by atoms with van der Waals surface area (Å²) in [5.41, 5.74) is 22.0. The monoisotopic (exact) mass is 1200 g/mol. The van der Waals surface area contributed by atoms with Gasteiger partial charge in [-0.05, 0) is 200 Å². The molecule has 4 heterocycles. The zero-order valence-electron chi connectivity index (χ0n) is 54.7. The molecule has 16 rings (SSSR count). The molecule has 16 aromatic rings. The molecule has 0 spiro atoms. The van der Waals surface area contributed by atoms with Gasteiger partial charge in [0.15, 0.2) is 0 Å². The van der Waals surface area contributed by atoms with Gasteiger partial charge in [0.25, 0.3) is 0 Å². The molecule has 0 radical (unpaired) electrons. The molecule has 6 nitrogen and oxygen atoms in total. The second-order valence-electron chi connectivity index (χ2n) is 29.6. The van der Waals surface area contributed by atoms with Crippen molar-refractivity contribution in [3.63, 3.8) is 0 Å². The maximum atomic E-state index is 6.92. The summed E-state index contributed by atoms with van der Waals surface area (Å²) < 4.78 is 18.8. The molecule has 0 saturated heterocycles. The van der Waals surface area contributed by atoms with Gasteiger partial charge in [-0.15, -0.1) is 0 Å². The number of aromatic nitrogens is 2. The first-order chi connectivity index (χ1) is 44.1. The van der Waals surface area contributed by atoms with Gasteiger partial charge in [-0.1, -0.05) is 168 Å². The third-order valence-corrected chi connectivity index (χ3v) is 19.2. The highest BCUT2D eigenvalue weighted by Crippen LogP contribution is 2.47. The highest BCUT2D eigenvalue weighted by atomic mass is 16.3. The van der Waals surface area contributed by atoms with Gasteiger partial charge in [0, 0.05) is 101 Å². The molecule has 0 fully saturated rings. The lowest BCUT2D eigenvalue weighted by atomic mass is 9.80. The molecular weight excluding hydrogens is 1120 g/mol. The van der Waals surface area contributed by atoms with Crippen LogP contribution in [0.2, 0.25) is 0 Å². The van der Waals surface area contributed by atoms with Gasteiger partial charge < -0.3 is 27.8 Å². The third kappa shape index (κ3) is 9.52. The van der Waals surface area contributed by atoms with Crippen molar-refractivity contribution in [2.75, 3.05) is 9.80 Å². The minimum atomic E-state index is -0.0159. The van der Waals surface area contributed by atoms with E-state index in [0.717, 1.165) is 88.8 Å². The fourth-order valence-electron chi connectivity index (χ4n) is 14.1. The number of para-hydroxylation sites is 4. The minimum absolute atomic E-state index is 0.0159. The zero-order chi connectivity index (χ0) is 63.3. The zero-order valence-corrected chi connectivity index (χ0v) is 54.7. The molecule has 0 atom stereocenters. The normalized spacial score (nSPS) is 12.8. The lowest BCUT2D eigenvalue weighted by molar-refractivity contribution is 0.567. The van der Waals surface area contributed by atoms with E-state index in [1.807, 2.05) is 0 Å². The van der Waals surface area contributed by atoms with Crippen LogP contribution in [0.4, 0.5) is 34.1 Å². The average molecular weight is 1200 g/mol. The Labute approximate surface area is 538 Å². The minimum Gasteiger partial charge on any atom is -0.456 e. The number of fused-ring (bicyclic) bond motifs is 13. The molecule has 4 aromatic heterocycles. The van der Waals surface area contributed by atoms with Crippen LogP contribution in [0.15, 0.2) is 251 Å². The lowest BCUT2D eigenvalue weighted by Crippen LogP contribution is -2.17. The standard InChI is InChI=1S/C86H76N4O2/c1-83(2,3)55-43-56(84(4,5)6)46-65(45-55)89-75-29-21-19-27-67(75)71-49-61(33-37-77(71)89)87(59-23-15-13-16-24-59)63-31-35-69-73-39-53-42-80-74(40-54(53)41-79(73)91-81(69)51-63)70-36-32-64(52-82(70)92-80)88(60-25-17-14-18-26-60)62-34-38-78-72(50-62)68-28-20-22-30-76(68)90(78)66-47-57(85(7,8)9)44-58(48-66)86(10,11)12/h13-52H,1-12H3. The van der Waals surface area contributed by atoms with Crippen LogP contribution in [0.25, 0.3) is 110 Å². The van der Waals surface area contributed by atoms with Crippen molar-refractivity contribution in [1.29, 1.82) is 0 Å². The van der Waals surface area contributed by atoms with E-state index in [-0.39, 0.29) is 21.7 Å². The summed E-state index contributed by atoms with van der Waals surface area (Å²) in [6, 6.07) is 89.6. The summed E-state index contributed by atoms with van der Waals surface area (Å²) >= 11 is 0. The van der Waals surface area contributed by atoms with Gasteiger partial charge in [0.2, 0.25) is 0 Å². The summed E-state index contributed by atoms with van der Waals surface area (Å²) in [6.07, 6.45) is 0. The van der Waals surface area contributed by atoms with E-state index in [9.17, 15) is 0 Å². The number of hydrogen-bond acceptors (Lipinski definition) is 4. The van der Waals surface area contributed by atoms with Crippen LogP contribution in [0.3, 0.4) is 0 Å². The molecule has 92 heavy (non-hydrogen) atoms. The fourth-order valence-corrected chi connectivity index (χ4v) is 14.1. The van der Waals surface area contributed by atoms with Gasteiger partial charge in [0.1, 0.15) is 22.3 Å². The predicted octanol–water partition coefficient (Wildman–Crippen LogP) is 25.0. The molecule has 0 N–H and O–H groups in total. The van der Waals surface area contributed by atoms with E-state index in [4.69, 9.17) is 8.83 Å². The van der Waals surface area contributed by atoms with E-state index in [2.05, 4.69) is 345 Å². The Kier molecular flexibility index (Phi) is 12.7. The second kappa shape index (κ2) is 20.6. The number of benzene rings is 12. The van der Waals surface area contributed by atoms with Crippen LogP contribution in [-0.4, -0.2) is 9.13 Å². The number of hydrogen-bond donors (Lipinski definition) is 0. The molecule has 0 amide bonds. The Hall–Kier alpha value is -10.3. The molecular formula is C86H76N4O2. The predicted molar refractivity (Wildman–Crippen MR) is 391 cm³/mol. The van der Waals surface area contributed by atoms with Gasteiger partial charge in [0.05, 0.1) is 22.1 Å². The molecule has 12 aromatic carbocycles. The van der Waals surface area contributed by atoms with E-state index < -0.39 is 0 Å². The Balaban J connectivity index is 0.770. The fraction of sp³-hybridized carbons (Fsp3) is 0.186. The maximum Gasteiger partial charge on any atom is 0.137 e. The van der Waals surface area contributed by atoms with Crippen LogP contribution in [0.1, 0.15) is 105 Å². The van der Waals surface area contributed by atoms with Crippen molar-refractivity contribution in [2.45, 2.75) is 105 Å². The van der Waals surface area contributed by atoms with Crippen molar-refractivity contribution >= 4 is 132 Å². The first-order valence-corrected chi connectivity index (χ1v) is 32.5. The maximum absolute atomic E-state index is 6.92. The van der Waals surface area contributed by atoms with Gasteiger partial charge in [-0.3, -0.25) is 0 Å². The summed E-state index contributed by atoms with van der Waals surface area (Å²) in [7, 11) is 0. The SMILES string of the molecule is CC(C)(C)c1cc(-n2c3ccccc3c3cc(N(c4ccccc4)c4ccc5c(c4)oc4cc6cc7c(cc6cc45)oc4cc(N(c5ccccc5)c5ccc6c(c5)c5ccccc5n6-c5cc(C(C)(C)C)cc(C(C)(C)C)c5)ccc47)ccc32)cc(C(C)(C)C)c1. The number of rotatable bonds is 8. The van der Waals surface area contributed by atoms with Crippen molar-refractivity contribution in [2.24, 2.45) is 0 Å². The van der Waals surface area contributed by atoms with E-state index >= 15 is 0 Å². The first kappa shape index (κ1) is 56.9. The lowest BCUT2D eigenvalue weighted by Gasteiger charge is -2.27. The summed E-state index contributed by atoms with van der Waals surface area (Å²) in [5.74, 6) is 0. The molecule has 0 aliphatic rings. The Morgan fingerprint density at radius 1 is 0.239 bits per heavy atom. The first-order valence-electron chi connectivity index (χ1n) is 32.5. The molecule has 0 aliphatic heterocycles. The number of anilines is 6. The second-order valence-corrected chi connectivity index (χ2v) is 29.6. The Morgan fingerprint density at radius 2 is 0.554 bits per heavy atom. The smallest absolute Gasteiger partial charge is 0.137 e. The van der Waals surface area contributed by atoms with Crippen LogP contribution >= 0.6 is 0 Å². The molecule has 6 heteroatoms. The van der Waals surface area contributed by atoms with Gasteiger partial charge in [-0.2, -0.15) is 0 Å². The third-order valence-electron chi connectivity index (χ3n) is 19.2. The topological polar surface area (TPSA) is 42.6 Å². The molecule has 0 aliphatic carbocycles. The quantitative estimate of drug-likeness (QED) is 0.152. The van der Waals surface area contributed by atoms with Crippen LogP contribution in [-0.2, 0) is 21.7 Å². The van der Waals surface area contributed by atoms with Gasteiger partial charge >= 0.3 is 0 Å². The van der Waals surface area contributed by atoms with E-state index in [1.54, 1.807) is 0 Å². The highest BCUT2D eigenvalue weighted by molar-refractivity contribution is 6.17. The largest absolute Gasteiger partial charge is 0.456 e. The average Bonchev–Trinajstić information content (AvgIpc) is 1.59. The van der Waals surface area contributed by atoms with E-state index in [1.165, 1.54) is 77.2 Å². The van der Waals surface area contributed by atoms with Crippen LogP contribution in [0.5, 0.6) is 0 Å². The molecule has 0 saturated carbocycles. The van der Waals surface area contributed by atoms with Crippen molar-refractivity contribution in [3.05, 3.63) is 265 Å². The summed E-state index contributed by atoms with van der Waals surface area (Å²) in [4.78, 5) is 4.70. The molecule has 0 bridgehead atoms.